The van der Waals surface area contributed by atoms with Gasteiger partial charge in [-0.15, -0.1) is 0 Å². The minimum Gasteiger partial charge on any atom is -0.456 e. The van der Waals surface area contributed by atoms with Crippen molar-refractivity contribution in [2.75, 3.05) is 0 Å². The molecule has 55 heavy (non-hydrogen) atoms. The molecule has 0 unspecified atom stereocenters. The molecule has 0 aliphatic rings. The van der Waals surface area contributed by atoms with E-state index < -0.39 is 0 Å². The summed E-state index contributed by atoms with van der Waals surface area (Å²) in [6.07, 6.45) is 0. The van der Waals surface area contributed by atoms with Crippen LogP contribution in [0.25, 0.3) is 120 Å². The third kappa shape index (κ3) is 4.67. The molecule has 12 rings (SSSR count). The van der Waals surface area contributed by atoms with Crippen LogP contribution < -0.4 is 0 Å². The highest BCUT2D eigenvalue weighted by atomic mass is 16.3. The van der Waals surface area contributed by atoms with Gasteiger partial charge in [-0.3, -0.25) is 0 Å². The molecule has 12 aromatic rings. The van der Waals surface area contributed by atoms with Crippen molar-refractivity contribution < 1.29 is 4.42 Å². The summed E-state index contributed by atoms with van der Waals surface area (Å²) in [7, 11) is 0. The number of fused-ring (bicyclic) bond motifs is 12. The lowest BCUT2D eigenvalue weighted by atomic mass is 9.90. The van der Waals surface area contributed by atoms with Gasteiger partial charge < -0.3 is 4.42 Å². The molecule has 0 radical (unpaired) electrons. The smallest absolute Gasteiger partial charge is 0.135 e. The minimum absolute atomic E-state index is 0.901. The molecule has 254 valence electrons. The van der Waals surface area contributed by atoms with Gasteiger partial charge >= 0.3 is 0 Å². The van der Waals surface area contributed by atoms with E-state index >= 15 is 0 Å². The summed E-state index contributed by atoms with van der Waals surface area (Å²) in [4.78, 5) is 0. The maximum Gasteiger partial charge on any atom is 0.135 e. The Balaban J connectivity index is 0.987. The van der Waals surface area contributed by atoms with Crippen LogP contribution in [0.1, 0.15) is 0 Å². The molecule has 0 amide bonds. The van der Waals surface area contributed by atoms with E-state index in [-0.39, 0.29) is 0 Å². The zero-order valence-electron chi connectivity index (χ0n) is 29.9. The zero-order valence-corrected chi connectivity index (χ0v) is 29.9. The Hall–Kier alpha value is -7.22. The summed E-state index contributed by atoms with van der Waals surface area (Å²) in [5, 5.41) is 17.5. The zero-order chi connectivity index (χ0) is 36.0. The predicted molar refractivity (Wildman–Crippen MR) is 235 cm³/mol. The maximum atomic E-state index is 6.42. The Bertz CT molecular complexity index is 3550. The van der Waals surface area contributed by atoms with Crippen molar-refractivity contribution in [3.8, 4) is 33.4 Å². The Labute approximate surface area is 317 Å². The van der Waals surface area contributed by atoms with Crippen molar-refractivity contribution in [3.05, 3.63) is 194 Å². The second kappa shape index (κ2) is 11.6. The van der Waals surface area contributed by atoms with Crippen LogP contribution in [-0.2, 0) is 0 Å². The summed E-state index contributed by atoms with van der Waals surface area (Å²) < 4.78 is 6.42. The van der Waals surface area contributed by atoms with Gasteiger partial charge in [0.25, 0.3) is 0 Å². The van der Waals surface area contributed by atoms with Crippen LogP contribution in [0.3, 0.4) is 0 Å². The van der Waals surface area contributed by atoms with Crippen LogP contribution in [-0.4, -0.2) is 0 Å². The van der Waals surface area contributed by atoms with Crippen molar-refractivity contribution in [3.63, 3.8) is 0 Å². The Kier molecular flexibility index (Phi) is 6.40. The van der Waals surface area contributed by atoms with E-state index in [4.69, 9.17) is 4.42 Å². The Morgan fingerprint density at radius 2 is 0.709 bits per heavy atom. The van der Waals surface area contributed by atoms with Gasteiger partial charge in [0.15, 0.2) is 0 Å². The van der Waals surface area contributed by atoms with Gasteiger partial charge in [0.1, 0.15) is 11.2 Å². The molecule has 0 atom stereocenters. The standard InChI is InChI=1S/C54H32O/c1-4-12-43-34(9-1)19-22-40-32-49(46-15-7-8-16-47(46)54(40)43)38-21-18-33-17-20-35(27-41(33)28-38)36-23-25-52-50(29-36)51-31-39(24-26-53(51)55-52)48-30-37-10-2-3-11-42(37)44-13-5-6-14-45(44)48/h1-32H. The fourth-order valence-corrected chi connectivity index (χ4v) is 9.13. The van der Waals surface area contributed by atoms with Crippen molar-refractivity contribution >= 4 is 86.6 Å². The molecular weight excluding hydrogens is 665 g/mol. The lowest BCUT2D eigenvalue weighted by molar-refractivity contribution is 0.669. The first-order valence-corrected chi connectivity index (χ1v) is 19.0. The Morgan fingerprint density at radius 1 is 0.236 bits per heavy atom. The van der Waals surface area contributed by atoms with Crippen molar-refractivity contribution in [2.24, 2.45) is 0 Å². The largest absolute Gasteiger partial charge is 0.456 e. The van der Waals surface area contributed by atoms with Crippen molar-refractivity contribution in [2.45, 2.75) is 0 Å². The Morgan fingerprint density at radius 3 is 1.49 bits per heavy atom. The molecular formula is C54H32O. The van der Waals surface area contributed by atoms with Gasteiger partial charge in [0.05, 0.1) is 0 Å². The first kappa shape index (κ1) is 30.3. The molecule has 0 saturated carbocycles. The topological polar surface area (TPSA) is 13.1 Å². The molecule has 1 heterocycles. The van der Waals surface area contributed by atoms with Crippen LogP contribution in [0.2, 0.25) is 0 Å². The van der Waals surface area contributed by atoms with E-state index in [2.05, 4.69) is 194 Å². The van der Waals surface area contributed by atoms with Crippen LogP contribution in [0.15, 0.2) is 199 Å². The third-order valence-corrected chi connectivity index (χ3v) is 11.8. The van der Waals surface area contributed by atoms with Crippen LogP contribution in [0.4, 0.5) is 0 Å². The third-order valence-electron chi connectivity index (χ3n) is 11.8. The molecule has 1 aromatic heterocycles. The van der Waals surface area contributed by atoms with E-state index in [1.807, 2.05) is 0 Å². The number of hydrogen-bond donors (Lipinski definition) is 0. The average Bonchev–Trinajstić information content (AvgIpc) is 3.62. The van der Waals surface area contributed by atoms with Crippen molar-refractivity contribution in [1.29, 1.82) is 0 Å². The summed E-state index contributed by atoms with van der Waals surface area (Å²) in [5.41, 5.74) is 9.07. The lowest BCUT2D eigenvalue weighted by Crippen LogP contribution is -1.87. The van der Waals surface area contributed by atoms with Crippen LogP contribution in [0, 0.1) is 0 Å². The lowest BCUT2D eigenvalue weighted by Gasteiger charge is -2.14. The monoisotopic (exact) mass is 696 g/mol. The van der Waals surface area contributed by atoms with Crippen LogP contribution in [0.5, 0.6) is 0 Å². The second-order valence-corrected chi connectivity index (χ2v) is 14.8. The fraction of sp³-hybridized carbons (Fsp3) is 0. The van der Waals surface area contributed by atoms with Gasteiger partial charge in [-0.2, -0.15) is 0 Å². The van der Waals surface area contributed by atoms with Gasteiger partial charge in [-0.05, 0) is 147 Å². The number of rotatable bonds is 3. The van der Waals surface area contributed by atoms with E-state index in [1.54, 1.807) is 0 Å². The minimum atomic E-state index is 0.901. The predicted octanol–water partition coefficient (Wildman–Crippen LogP) is 15.5. The van der Waals surface area contributed by atoms with E-state index in [9.17, 15) is 0 Å². The maximum absolute atomic E-state index is 6.42. The molecule has 1 nitrogen and oxygen atoms in total. The normalized spacial score (nSPS) is 12.0. The highest BCUT2D eigenvalue weighted by Gasteiger charge is 2.15. The first-order chi connectivity index (χ1) is 27.2. The average molecular weight is 697 g/mol. The molecule has 1 heteroatoms. The number of furan rings is 1. The van der Waals surface area contributed by atoms with Gasteiger partial charge in [-0.25, -0.2) is 0 Å². The number of benzene rings is 11. The van der Waals surface area contributed by atoms with Gasteiger partial charge in [-0.1, -0.05) is 146 Å². The summed E-state index contributed by atoms with van der Waals surface area (Å²) in [6.45, 7) is 0. The SMILES string of the molecule is c1ccc2c(c1)cc(-c1ccc3oc4ccc(-c5ccc6ccc(-c7cc8ccc9ccccc9c8c8ccccc78)cc6c5)cc4c3c1)c1ccccc12. The summed E-state index contributed by atoms with van der Waals surface area (Å²) >= 11 is 0. The van der Waals surface area contributed by atoms with E-state index in [1.165, 1.54) is 98.0 Å². The van der Waals surface area contributed by atoms with Crippen LogP contribution >= 0.6 is 0 Å². The summed E-state index contributed by atoms with van der Waals surface area (Å²) in [6, 6.07) is 71.2. The molecule has 0 bridgehead atoms. The molecule has 0 N–H and O–H groups in total. The summed E-state index contributed by atoms with van der Waals surface area (Å²) in [5.74, 6) is 0. The first-order valence-electron chi connectivity index (χ1n) is 19.0. The van der Waals surface area contributed by atoms with Gasteiger partial charge in [0, 0.05) is 10.8 Å². The van der Waals surface area contributed by atoms with Crippen molar-refractivity contribution in [1.82, 2.24) is 0 Å². The highest BCUT2D eigenvalue weighted by Crippen LogP contribution is 2.41. The highest BCUT2D eigenvalue weighted by molar-refractivity contribution is 6.23. The van der Waals surface area contributed by atoms with E-state index in [0.717, 1.165) is 21.9 Å². The van der Waals surface area contributed by atoms with E-state index in [0.29, 0.717) is 0 Å². The molecule has 0 fully saturated rings. The molecule has 0 aliphatic carbocycles. The quantitative estimate of drug-likeness (QED) is 0.168. The molecule has 0 saturated heterocycles. The van der Waals surface area contributed by atoms with Gasteiger partial charge in [0.2, 0.25) is 0 Å². The molecule has 11 aromatic carbocycles. The molecule has 0 spiro atoms. The fourth-order valence-electron chi connectivity index (χ4n) is 9.13. The number of hydrogen-bond acceptors (Lipinski definition) is 1. The second-order valence-electron chi connectivity index (χ2n) is 14.8. The molecule has 0 aliphatic heterocycles.